The SMILES string of the molecule is CN(c1ccccc1)c1ccc(C(C)(C)C)c(C(C)(C)C)c1. The minimum Gasteiger partial charge on any atom is -0.345 e. The Morgan fingerprint density at radius 3 is 1.68 bits per heavy atom. The summed E-state index contributed by atoms with van der Waals surface area (Å²) in [7, 11) is 2.13. The summed E-state index contributed by atoms with van der Waals surface area (Å²) in [5.74, 6) is 0. The molecule has 0 heterocycles. The molecule has 0 saturated heterocycles. The number of nitrogens with zero attached hydrogens (tertiary/aromatic N) is 1. The lowest BCUT2D eigenvalue weighted by Gasteiger charge is -2.32. The van der Waals surface area contributed by atoms with Crippen LogP contribution in [0, 0.1) is 0 Å². The molecule has 0 spiro atoms. The van der Waals surface area contributed by atoms with E-state index in [1.54, 1.807) is 0 Å². The van der Waals surface area contributed by atoms with Crippen molar-refractivity contribution in [3.8, 4) is 0 Å². The normalized spacial score (nSPS) is 12.3. The fourth-order valence-electron chi connectivity index (χ4n) is 2.82. The molecule has 22 heavy (non-hydrogen) atoms. The average Bonchev–Trinajstić information content (AvgIpc) is 2.45. The molecule has 1 nitrogen and oxygen atoms in total. The van der Waals surface area contributed by atoms with E-state index in [0.29, 0.717) is 0 Å². The van der Waals surface area contributed by atoms with Gasteiger partial charge in [-0.2, -0.15) is 0 Å². The maximum Gasteiger partial charge on any atom is 0.0411 e. The van der Waals surface area contributed by atoms with Crippen molar-refractivity contribution < 1.29 is 0 Å². The van der Waals surface area contributed by atoms with Crippen molar-refractivity contribution in [2.45, 2.75) is 52.4 Å². The van der Waals surface area contributed by atoms with E-state index < -0.39 is 0 Å². The zero-order valence-corrected chi connectivity index (χ0v) is 15.1. The molecule has 2 rings (SSSR count). The van der Waals surface area contributed by atoms with Gasteiger partial charge in [0.15, 0.2) is 0 Å². The van der Waals surface area contributed by atoms with Crippen LogP contribution in [-0.2, 0) is 10.8 Å². The second-order valence-corrected chi connectivity index (χ2v) is 8.12. The second-order valence-electron chi connectivity index (χ2n) is 8.12. The fraction of sp³-hybridized carbons (Fsp3) is 0.429. The zero-order valence-electron chi connectivity index (χ0n) is 15.1. The van der Waals surface area contributed by atoms with Gasteiger partial charge in [-0.1, -0.05) is 65.8 Å². The number of rotatable bonds is 2. The van der Waals surface area contributed by atoms with Crippen molar-refractivity contribution in [1.82, 2.24) is 0 Å². The van der Waals surface area contributed by atoms with Crippen LogP contribution < -0.4 is 4.90 Å². The van der Waals surface area contributed by atoms with Gasteiger partial charge in [0.05, 0.1) is 0 Å². The summed E-state index contributed by atoms with van der Waals surface area (Å²) in [6.45, 7) is 13.8. The van der Waals surface area contributed by atoms with Gasteiger partial charge in [0.25, 0.3) is 0 Å². The molecule has 0 amide bonds. The van der Waals surface area contributed by atoms with Crippen molar-refractivity contribution >= 4 is 11.4 Å². The third-order valence-corrected chi connectivity index (χ3v) is 4.15. The van der Waals surface area contributed by atoms with Crippen molar-refractivity contribution in [3.05, 3.63) is 59.7 Å². The lowest BCUT2D eigenvalue weighted by atomic mass is 9.75. The van der Waals surface area contributed by atoms with Crippen LogP contribution in [0.3, 0.4) is 0 Å². The first-order valence-corrected chi connectivity index (χ1v) is 8.04. The Morgan fingerprint density at radius 1 is 0.636 bits per heavy atom. The van der Waals surface area contributed by atoms with Crippen molar-refractivity contribution in [2.24, 2.45) is 0 Å². The Labute approximate surface area is 136 Å². The molecular formula is C21H29N. The molecule has 0 radical (unpaired) electrons. The maximum absolute atomic E-state index is 2.35. The molecule has 2 aromatic rings. The summed E-state index contributed by atoms with van der Waals surface area (Å²) < 4.78 is 0. The van der Waals surface area contributed by atoms with Crippen LogP contribution in [0.4, 0.5) is 11.4 Å². The third kappa shape index (κ3) is 3.52. The average molecular weight is 295 g/mol. The largest absolute Gasteiger partial charge is 0.345 e. The Morgan fingerprint density at radius 2 is 1.18 bits per heavy atom. The molecule has 0 aliphatic rings. The van der Waals surface area contributed by atoms with Gasteiger partial charge >= 0.3 is 0 Å². The number of anilines is 2. The van der Waals surface area contributed by atoms with Gasteiger partial charge in [0.2, 0.25) is 0 Å². The first kappa shape index (κ1) is 16.6. The lowest BCUT2D eigenvalue weighted by molar-refractivity contribution is 0.530. The predicted octanol–water partition coefficient (Wildman–Crippen LogP) is 6.05. The standard InChI is InChI=1S/C21H29N/c1-20(2,3)18-14-13-17(15-19(18)21(4,5)6)22(7)16-11-9-8-10-12-16/h8-15H,1-7H3. The molecule has 2 aromatic carbocycles. The van der Waals surface area contributed by atoms with Crippen molar-refractivity contribution in [3.63, 3.8) is 0 Å². The summed E-state index contributed by atoms with van der Waals surface area (Å²) in [6, 6.07) is 17.4. The van der Waals surface area contributed by atoms with E-state index in [-0.39, 0.29) is 10.8 Å². The van der Waals surface area contributed by atoms with Crippen molar-refractivity contribution in [2.75, 3.05) is 11.9 Å². The molecule has 0 aliphatic heterocycles. The molecular weight excluding hydrogens is 266 g/mol. The van der Waals surface area contributed by atoms with E-state index in [1.165, 1.54) is 22.5 Å². The molecule has 0 fully saturated rings. The highest BCUT2D eigenvalue weighted by Gasteiger charge is 2.25. The summed E-state index contributed by atoms with van der Waals surface area (Å²) >= 11 is 0. The van der Waals surface area contributed by atoms with Crippen LogP contribution in [-0.4, -0.2) is 7.05 Å². The first-order chi connectivity index (χ1) is 10.1. The Kier molecular flexibility index (Phi) is 4.37. The molecule has 0 atom stereocenters. The van der Waals surface area contributed by atoms with Crippen LogP contribution in [0.5, 0.6) is 0 Å². The van der Waals surface area contributed by atoms with Crippen LogP contribution >= 0.6 is 0 Å². The Hall–Kier alpha value is -1.76. The molecule has 0 aromatic heterocycles. The highest BCUT2D eigenvalue weighted by atomic mass is 15.1. The van der Waals surface area contributed by atoms with E-state index in [1.807, 2.05) is 0 Å². The topological polar surface area (TPSA) is 3.24 Å². The fourth-order valence-corrected chi connectivity index (χ4v) is 2.82. The van der Waals surface area contributed by atoms with Gasteiger partial charge in [0.1, 0.15) is 0 Å². The molecule has 118 valence electrons. The highest BCUT2D eigenvalue weighted by Crippen LogP contribution is 2.37. The van der Waals surface area contributed by atoms with Crippen LogP contribution in [0.15, 0.2) is 48.5 Å². The van der Waals surface area contributed by atoms with Gasteiger partial charge in [-0.15, -0.1) is 0 Å². The lowest BCUT2D eigenvalue weighted by Crippen LogP contribution is -2.23. The van der Waals surface area contributed by atoms with Crippen LogP contribution in [0.25, 0.3) is 0 Å². The molecule has 0 bridgehead atoms. The quantitative estimate of drug-likeness (QED) is 0.652. The Bertz CT molecular complexity index is 627. The summed E-state index contributed by atoms with van der Waals surface area (Å²) in [6.07, 6.45) is 0. The molecule has 0 aliphatic carbocycles. The zero-order chi connectivity index (χ0) is 16.5. The smallest absolute Gasteiger partial charge is 0.0411 e. The number of para-hydroxylation sites is 1. The second kappa shape index (κ2) is 5.79. The molecule has 1 heteroatoms. The van der Waals surface area contributed by atoms with Gasteiger partial charge in [-0.05, 0) is 46.2 Å². The van der Waals surface area contributed by atoms with E-state index in [4.69, 9.17) is 0 Å². The predicted molar refractivity (Wildman–Crippen MR) is 98.3 cm³/mol. The van der Waals surface area contributed by atoms with Gasteiger partial charge in [-0.25, -0.2) is 0 Å². The van der Waals surface area contributed by atoms with Crippen LogP contribution in [0.1, 0.15) is 52.7 Å². The summed E-state index contributed by atoms with van der Waals surface area (Å²) in [5.41, 5.74) is 5.61. The molecule has 0 saturated carbocycles. The summed E-state index contributed by atoms with van der Waals surface area (Å²) in [4.78, 5) is 2.25. The van der Waals surface area contributed by atoms with E-state index in [9.17, 15) is 0 Å². The summed E-state index contributed by atoms with van der Waals surface area (Å²) in [5, 5.41) is 0. The molecule has 0 unspecified atom stereocenters. The number of hydrogen-bond acceptors (Lipinski definition) is 1. The van der Waals surface area contributed by atoms with Crippen molar-refractivity contribution in [1.29, 1.82) is 0 Å². The minimum absolute atomic E-state index is 0.135. The number of hydrogen-bond donors (Lipinski definition) is 0. The minimum atomic E-state index is 0.135. The van der Waals surface area contributed by atoms with E-state index in [0.717, 1.165) is 0 Å². The third-order valence-electron chi connectivity index (χ3n) is 4.15. The number of benzene rings is 2. The van der Waals surface area contributed by atoms with E-state index in [2.05, 4.69) is 102 Å². The maximum atomic E-state index is 2.35. The monoisotopic (exact) mass is 295 g/mol. The highest BCUT2D eigenvalue weighted by molar-refractivity contribution is 5.64. The van der Waals surface area contributed by atoms with Gasteiger partial charge in [0, 0.05) is 18.4 Å². The van der Waals surface area contributed by atoms with E-state index >= 15 is 0 Å². The van der Waals surface area contributed by atoms with Gasteiger partial charge < -0.3 is 4.90 Å². The van der Waals surface area contributed by atoms with Gasteiger partial charge in [-0.3, -0.25) is 0 Å². The Balaban J connectivity index is 2.52. The first-order valence-electron chi connectivity index (χ1n) is 8.04. The van der Waals surface area contributed by atoms with Crippen LogP contribution in [0.2, 0.25) is 0 Å². The molecule has 0 N–H and O–H groups in total.